The minimum Gasteiger partial charge on any atom is -0.403 e. The molecule has 0 aliphatic heterocycles. The van der Waals surface area contributed by atoms with Crippen LogP contribution in [-0.4, -0.2) is 16.1 Å². The largest absolute Gasteiger partial charge is 0.417 e. The highest BCUT2D eigenvalue weighted by molar-refractivity contribution is 7.08. The Morgan fingerprint density at radius 1 is 0.966 bits per heavy atom. The summed E-state index contributed by atoms with van der Waals surface area (Å²) in [4.78, 5) is 12.3. The lowest BCUT2D eigenvalue weighted by Gasteiger charge is -2.11. The number of anilines is 1. The molecule has 1 amide bonds. The van der Waals surface area contributed by atoms with E-state index in [4.69, 9.17) is 4.42 Å². The highest BCUT2D eigenvalue weighted by Gasteiger charge is 2.35. The van der Waals surface area contributed by atoms with Crippen molar-refractivity contribution >= 4 is 23.3 Å². The van der Waals surface area contributed by atoms with Crippen LogP contribution in [0.15, 0.2) is 69.8 Å². The van der Waals surface area contributed by atoms with Gasteiger partial charge in [-0.05, 0) is 52.2 Å². The number of hydrogen-bond donors (Lipinski definition) is 1. The van der Waals surface area contributed by atoms with E-state index in [-0.39, 0.29) is 11.9 Å². The van der Waals surface area contributed by atoms with Crippen LogP contribution in [0, 0.1) is 0 Å². The molecule has 0 saturated heterocycles. The summed E-state index contributed by atoms with van der Waals surface area (Å²) < 4.78 is 44.7. The van der Waals surface area contributed by atoms with Crippen LogP contribution in [0.4, 0.5) is 19.2 Å². The summed E-state index contributed by atoms with van der Waals surface area (Å²) in [5.41, 5.74) is 1.04. The minimum atomic E-state index is -4.66. The molecule has 1 N–H and O–H groups in total. The molecule has 2 aromatic carbocycles. The van der Waals surface area contributed by atoms with Crippen molar-refractivity contribution in [2.24, 2.45) is 0 Å². The number of carbonyl (C=O) groups is 1. The molecule has 9 heteroatoms. The Balaban J connectivity index is 1.57. The summed E-state index contributed by atoms with van der Waals surface area (Å²) in [5.74, 6) is -0.846. The first-order valence-corrected chi connectivity index (χ1v) is 9.30. The van der Waals surface area contributed by atoms with E-state index in [1.165, 1.54) is 12.1 Å². The van der Waals surface area contributed by atoms with Gasteiger partial charge in [-0.25, -0.2) is 0 Å². The van der Waals surface area contributed by atoms with Gasteiger partial charge >= 0.3 is 12.2 Å². The third-order valence-electron chi connectivity index (χ3n) is 4.09. The molecule has 5 nitrogen and oxygen atoms in total. The van der Waals surface area contributed by atoms with E-state index >= 15 is 0 Å². The molecule has 0 bridgehead atoms. The maximum atomic E-state index is 13.1. The number of thiophene rings is 1. The molecular weight excluding hydrogens is 403 g/mol. The number of carbonyl (C=O) groups excluding carboxylic acids is 1. The van der Waals surface area contributed by atoms with Crippen LogP contribution in [0.2, 0.25) is 0 Å². The Bertz CT molecular complexity index is 1150. The molecule has 29 heavy (non-hydrogen) atoms. The molecule has 0 atom stereocenters. The highest BCUT2D eigenvalue weighted by Crippen LogP contribution is 2.32. The molecule has 0 radical (unpaired) electrons. The molecule has 2 heterocycles. The molecule has 0 spiro atoms. The number of nitrogens with one attached hydrogen (secondary N) is 1. The maximum absolute atomic E-state index is 13.1. The number of benzene rings is 2. The second kappa shape index (κ2) is 7.51. The van der Waals surface area contributed by atoms with Gasteiger partial charge in [-0.2, -0.15) is 24.5 Å². The normalized spacial score (nSPS) is 11.4. The van der Waals surface area contributed by atoms with E-state index < -0.39 is 23.2 Å². The topological polar surface area (TPSA) is 68.0 Å². The predicted molar refractivity (Wildman–Crippen MR) is 102 cm³/mol. The van der Waals surface area contributed by atoms with Gasteiger partial charge in [0.2, 0.25) is 5.89 Å². The number of hydrogen-bond acceptors (Lipinski definition) is 5. The van der Waals surface area contributed by atoms with E-state index in [2.05, 4.69) is 15.5 Å². The Morgan fingerprint density at radius 2 is 1.76 bits per heavy atom. The summed E-state index contributed by atoms with van der Waals surface area (Å²) in [5, 5.41) is 13.8. The third kappa shape index (κ3) is 4.04. The average molecular weight is 415 g/mol. The maximum Gasteiger partial charge on any atom is 0.417 e. The number of halogens is 3. The minimum absolute atomic E-state index is 0.140. The second-order valence-corrected chi connectivity index (χ2v) is 6.78. The quantitative estimate of drug-likeness (QED) is 0.462. The van der Waals surface area contributed by atoms with Crippen molar-refractivity contribution < 1.29 is 22.4 Å². The monoisotopic (exact) mass is 415 g/mol. The Kier molecular flexibility index (Phi) is 4.89. The molecule has 0 aliphatic carbocycles. The first-order valence-electron chi connectivity index (χ1n) is 8.36. The average Bonchev–Trinajstić information content (AvgIpc) is 3.40. The van der Waals surface area contributed by atoms with E-state index in [0.29, 0.717) is 5.56 Å². The molecule has 0 fully saturated rings. The SMILES string of the molecule is O=C(Nc1nnc(-c2cccc(-c3ccsc3)c2)o1)c1ccccc1C(F)(F)F. The van der Waals surface area contributed by atoms with Crippen molar-refractivity contribution in [3.63, 3.8) is 0 Å². The fourth-order valence-electron chi connectivity index (χ4n) is 2.74. The van der Waals surface area contributed by atoms with Crippen LogP contribution in [-0.2, 0) is 6.18 Å². The van der Waals surface area contributed by atoms with Crippen molar-refractivity contribution in [3.8, 4) is 22.6 Å². The van der Waals surface area contributed by atoms with Crippen molar-refractivity contribution in [3.05, 3.63) is 76.5 Å². The van der Waals surface area contributed by atoms with Crippen molar-refractivity contribution in [1.29, 1.82) is 0 Å². The number of aromatic nitrogens is 2. The van der Waals surface area contributed by atoms with Crippen LogP contribution < -0.4 is 5.32 Å². The highest BCUT2D eigenvalue weighted by atomic mass is 32.1. The lowest BCUT2D eigenvalue weighted by atomic mass is 10.1. The van der Waals surface area contributed by atoms with Crippen LogP contribution in [0.5, 0.6) is 0 Å². The van der Waals surface area contributed by atoms with Crippen LogP contribution >= 0.6 is 11.3 Å². The molecule has 0 saturated carbocycles. The first kappa shape index (κ1) is 18.9. The number of alkyl halides is 3. The lowest BCUT2D eigenvalue weighted by Crippen LogP contribution is -2.18. The number of nitrogens with zero attached hydrogens (tertiary/aromatic N) is 2. The van der Waals surface area contributed by atoms with Gasteiger partial charge in [-0.15, -0.1) is 5.10 Å². The zero-order valence-corrected chi connectivity index (χ0v) is 15.4. The van der Waals surface area contributed by atoms with Crippen molar-refractivity contribution in [2.75, 3.05) is 5.32 Å². The Labute approximate surface area is 166 Å². The van der Waals surface area contributed by atoms with E-state index in [9.17, 15) is 18.0 Å². The van der Waals surface area contributed by atoms with Crippen LogP contribution in [0.3, 0.4) is 0 Å². The van der Waals surface area contributed by atoms with Crippen LogP contribution in [0.1, 0.15) is 15.9 Å². The molecule has 2 aromatic heterocycles. The van der Waals surface area contributed by atoms with Gasteiger partial charge in [-0.3, -0.25) is 10.1 Å². The molecular formula is C20H12F3N3O2S. The van der Waals surface area contributed by atoms with E-state index in [0.717, 1.165) is 23.3 Å². The summed E-state index contributed by atoms with van der Waals surface area (Å²) in [6, 6.07) is 13.5. The Morgan fingerprint density at radius 3 is 2.52 bits per heavy atom. The number of rotatable bonds is 4. The predicted octanol–water partition coefficient (Wildman–Crippen LogP) is 5.74. The zero-order chi connectivity index (χ0) is 20.4. The molecule has 4 aromatic rings. The smallest absolute Gasteiger partial charge is 0.403 e. The van der Waals surface area contributed by atoms with Gasteiger partial charge in [0.25, 0.3) is 5.91 Å². The Hall–Kier alpha value is -3.46. The van der Waals surface area contributed by atoms with E-state index in [1.54, 1.807) is 17.4 Å². The summed E-state index contributed by atoms with van der Waals surface area (Å²) >= 11 is 1.57. The number of amides is 1. The molecule has 4 rings (SSSR count). The van der Waals surface area contributed by atoms with Gasteiger partial charge < -0.3 is 4.42 Å². The molecule has 0 unspecified atom stereocenters. The van der Waals surface area contributed by atoms with Crippen LogP contribution in [0.25, 0.3) is 22.6 Å². The van der Waals surface area contributed by atoms with E-state index in [1.807, 2.05) is 35.0 Å². The summed E-state index contributed by atoms with van der Waals surface area (Å²) in [7, 11) is 0. The lowest BCUT2D eigenvalue weighted by molar-refractivity contribution is -0.137. The van der Waals surface area contributed by atoms with Crippen molar-refractivity contribution in [1.82, 2.24) is 10.2 Å². The second-order valence-electron chi connectivity index (χ2n) is 6.00. The summed E-state index contributed by atoms with van der Waals surface area (Å²) in [6.07, 6.45) is -4.66. The fourth-order valence-corrected chi connectivity index (χ4v) is 3.41. The fraction of sp³-hybridized carbons (Fsp3) is 0.0500. The molecule has 146 valence electrons. The standard InChI is InChI=1S/C20H12F3N3O2S/c21-20(22,23)16-7-2-1-6-15(16)17(27)24-19-26-25-18(28-19)13-5-3-4-12(10-13)14-8-9-29-11-14/h1-11H,(H,24,26,27). The summed E-state index contributed by atoms with van der Waals surface area (Å²) in [6.45, 7) is 0. The van der Waals surface area contributed by atoms with Crippen molar-refractivity contribution in [2.45, 2.75) is 6.18 Å². The zero-order valence-electron chi connectivity index (χ0n) is 14.6. The first-order chi connectivity index (χ1) is 13.9. The van der Waals surface area contributed by atoms with Gasteiger partial charge in [0.05, 0.1) is 11.1 Å². The van der Waals surface area contributed by atoms with Gasteiger partial charge in [0, 0.05) is 5.56 Å². The third-order valence-corrected chi connectivity index (χ3v) is 4.77. The van der Waals surface area contributed by atoms with Gasteiger partial charge in [-0.1, -0.05) is 29.4 Å². The molecule has 0 aliphatic rings. The van der Waals surface area contributed by atoms with Gasteiger partial charge in [0.15, 0.2) is 0 Å². The van der Waals surface area contributed by atoms with Gasteiger partial charge in [0.1, 0.15) is 0 Å².